The minimum absolute atomic E-state index is 0.0218. The molecule has 1 aliphatic rings. The van der Waals surface area contributed by atoms with Crippen molar-refractivity contribution in [2.24, 2.45) is 0 Å². The van der Waals surface area contributed by atoms with Crippen molar-refractivity contribution >= 4 is 28.7 Å². The Morgan fingerprint density at radius 2 is 1.69 bits per heavy atom. The number of rotatable bonds is 4. The van der Waals surface area contributed by atoms with Crippen molar-refractivity contribution in [1.29, 1.82) is 0 Å². The summed E-state index contributed by atoms with van der Waals surface area (Å²) in [4.78, 5) is 7.17. The molecular formula is C24H20ClF6N3O. The molecule has 0 radical (unpaired) electrons. The molecule has 4 nitrogen and oxygen atoms in total. The summed E-state index contributed by atoms with van der Waals surface area (Å²) >= 11 is 6.40. The predicted molar refractivity (Wildman–Crippen MR) is 121 cm³/mol. The number of para-hydroxylation sites is 2. The quantitative estimate of drug-likeness (QED) is 0.393. The fraction of sp³-hybridized carbons (Fsp3) is 0.292. The molecule has 186 valence electrons. The van der Waals surface area contributed by atoms with Gasteiger partial charge in [-0.2, -0.15) is 26.3 Å². The Morgan fingerprint density at radius 3 is 2.34 bits per heavy atom. The van der Waals surface area contributed by atoms with Gasteiger partial charge in [0.05, 0.1) is 40.2 Å². The lowest BCUT2D eigenvalue weighted by molar-refractivity contribution is -0.200. The molecule has 2 aromatic carbocycles. The van der Waals surface area contributed by atoms with E-state index in [9.17, 15) is 31.4 Å². The first kappa shape index (κ1) is 25.1. The number of nitrogens with zero attached hydrogens (tertiary/aromatic N) is 3. The number of aryl methyl sites for hydroxylation is 1. The molecule has 2 heterocycles. The number of alkyl halides is 6. The maximum Gasteiger partial charge on any atom is 0.416 e. The molecule has 3 aromatic rings. The summed E-state index contributed by atoms with van der Waals surface area (Å²) in [6.07, 6.45) is -10.8. The molecule has 4 rings (SSSR count). The van der Waals surface area contributed by atoms with Crippen molar-refractivity contribution < 1.29 is 31.4 Å². The second kappa shape index (κ2) is 9.23. The number of aliphatic hydroxyl groups excluding tert-OH is 1. The number of β-amino-alcohol motifs (C(OH)–C–C–N with tert-alkyl or cyclic N) is 1. The Labute approximate surface area is 202 Å². The predicted octanol–water partition coefficient (Wildman–Crippen LogP) is 6.68. The minimum atomic E-state index is -4.91. The van der Waals surface area contributed by atoms with Crippen LogP contribution in [0.5, 0.6) is 0 Å². The van der Waals surface area contributed by atoms with E-state index in [0.29, 0.717) is 22.8 Å². The molecule has 2 unspecified atom stereocenters. The summed E-state index contributed by atoms with van der Waals surface area (Å²) in [5, 5.41) is 10.2. The van der Waals surface area contributed by atoms with Crippen LogP contribution < -0.4 is 9.80 Å². The Bertz CT molecular complexity index is 1220. The minimum Gasteiger partial charge on any atom is -0.382 e. The molecule has 1 aliphatic heterocycles. The van der Waals surface area contributed by atoms with E-state index in [2.05, 4.69) is 4.98 Å². The van der Waals surface area contributed by atoms with Crippen LogP contribution in [-0.4, -0.2) is 35.5 Å². The first-order valence-electron chi connectivity index (χ1n) is 10.5. The molecule has 0 spiro atoms. The molecule has 0 amide bonds. The average Bonchev–Trinajstić information content (AvgIpc) is 2.80. The zero-order valence-corrected chi connectivity index (χ0v) is 19.0. The maximum absolute atomic E-state index is 13.4. The number of hydrogen-bond acceptors (Lipinski definition) is 4. The highest BCUT2D eigenvalue weighted by atomic mass is 35.5. The SMILES string of the molecule is Cc1cc(N2CC(c3cccc(C(F)(F)F)c3)N(CC(O)C(F)(F)F)c3ccccc32)c(Cl)cn1. The summed E-state index contributed by atoms with van der Waals surface area (Å²) in [6, 6.07) is 11.7. The zero-order valence-electron chi connectivity index (χ0n) is 18.3. The summed E-state index contributed by atoms with van der Waals surface area (Å²) < 4.78 is 80.2. The second-order valence-corrected chi connectivity index (χ2v) is 8.63. The fourth-order valence-electron chi connectivity index (χ4n) is 4.16. The Hall–Kier alpha value is -2.98. The molecule has 2 atom stereocenters. The highest BCUT2D eigenvalue weighted by Gasteiger charge is 2.43. The summed E-state index contributed by atoms with van der Waals surface area (Å²) in [6.45, 7) is 0.858. The third kappa shape index (κ3) is 5.18. The molecule has 0 fully saturated rings. The number of aliphatic hydroxyl groups is 1. The topological polar surface area (TPSA) is 39.6 Å². The molecule has 0 bridgehead atoms. The summed E-state index contributed by atoms with van der Waals surface area (Å²) in [7, 11) is 0. The third-order valence-corrected chi connectivity index (χ3v) is 6.11. The molecule has 11 heteroatoms. The molecule has 0 aliphatic carbocycles. The maximum atomic E-state index is 13.4. The molecule has 0 saturated heterocycles. The van der Waals surface area contributed by atoms with Gasteiger partial charge in [-0.3, -0.25) is 4.98 Å². The van der Waals surface area contributed by atoms with E-state index in [0.717, 1.165) is 12.1 Å². The number of benzene rings is 2. The molecule has 1 aromatic heterocycles. The summed E-state index contributed by atoms with van der Waals surface area (Å²) in [5.74, 6) is 0. The van der Waals surface area contributed by atoms with E-state index < -0.39 is 36.6 Å². The Kier molecular flexibility index (Phi) is 6.63. The number of halogens is 7. The smallest absolute Gasteiger partial charge is 0.382 e. The van der Waals surface area contributed by atoms with Gasteiger partial charge in [0.15, 0.2) is 6.10 Å². The molecule has 1 N–H and O–H groups in total. The van der Waals surface area contributed by atoms with E-state index in [1.807, 2.05) is 0 Å². The van der Waals surface area contributed by atoms with E-state index in [4.69, 9.17) is 11.6 Å². The number of fused-ring (bicyclic) bond motifs is 1. The van der Waals surface area contributed by atoms with Crippen LogP contribution in [0.4, 0.5) is 43.4 Å². The lowest BCUT2D eigenvalue weighted by Crippen LogP contribution is -2.48. The van der Waals surface area contributed by atoms with Crippen LogP contribution >= 0.6 is 11.6 Å². The Morgan fingerprint density at radius 1 is 1.00 bits per heavy atom. The van der Waals surface area contributed by atoms with Crippen LogP contribution in [-0.2, 0) is 6.18 Å². The van der Waals surface area contributed by atoms with Gasteiger partial charge >= 0.3 is 12.4 Å². The van der Waals surface area contributed by atoms with Crippen LogP contribution in [0.2, 0.25) is 5.02 Å². The average molecular weight is 516 g/mol. The van der Waals surface area contributed by atoms with Crippen LogP contribution in [0.15, 0.2) is 60.8 Å². The standard InChI is InChI=1S/C24H20ClF6N3O/c1-14-9-20(17(25)11-32-14)33-12-21(15-5-4-6-16(10-15)23(26,27)28)34(13-22(35)24(29,30)31)19-8-3-2-7-18(19)33/h2-11,21-22,35H,12-13H2,1H3. The van der Waals surface area contributed by atoms with Gasteiger partial charge in [0.25, 0.3) is 0 Å². The van der Waals surface area contributed by atoms with Gasteiger partial charge in [0.1, 0.15) is 0 Å². The number of pyridine rings is 1. The van der Waals surface area contributed by atoms with E-state index in [-0.39, 0.29) is 17.1 Å². The van der Waals surface area contributed by atoms with Gasteiger partial charge in [-0.05, 0) is 42.8 Å². The van der Waals surface area contributed by atoms with Crippen LogP contribution in [0.3, 0.4) is 0 Å². The van der Waals surface area contributed by atoms with Crippen molar-refractivity contribution in [3.8, 4) is 0 Å². The summed E-state index contributed by atoms with van der Waals surface area (Å²) in [5.41, 5.74) is 1.18. The van der Waals surface area contributed by atoms with Gasteiger partial charge in [-0.1, -0.05) is 35.9 Å². The van der Waals surface area contributed by atoms with Crippen LogP contribution in [0.1, 0.15) is 22.9 Å². The lowest BCUT2D eigenvalue weighted by atomic mass is 9.96. The first-order valence-corrected chi connectivity index (χ1v) is 10.9. The van der Waals surface area contributed by atoms with Crippen LogP contribution in [0.25, 0.3) is 0 Å². The number of aromatic nitrogens is 1. The van der Waals surface area contributed by atoms with Gasteiger partial charge in [-0.15, -0.1) is 0 Å². The van der Waals surface area contributed by atoms with Gasteiger partial charge in [-0.25, -0.2) is 0 Å². The van der Waals surface area contributed by atoms with E-state index in [1.54, 1.807) is 42.2 Å². The second-order valence-electron chi connectivity index (χ2n) is 8.23. The van der Waals surface area contributed by atoms with Gasteiger partial charge in [0, 0.05) is 18.4 Å². The Balaban J connectivity index is 1.89. The van der Waals surface area contributed by atoms with E-state index >= 15 is 0 Å². The molecule has 35 heavy (non-hydrogen) atoms. The molecule has 0 saturated carbocycles. The van der Waals surface area contributed by atoms with Crippen molar-refractivity contribution in [3.05, 3.63) is 82.6 Å². The largest absolute Gasteiger partial charge is 0.416 e. The number of hydrogen-bond donors (Lipinski definition) is 1. The lowest BCUT2D eigenvalue weighted by Gasteiger charge is -2.46. The number of anilines is 3. The highest BCUT2D eigenvalue weighted by Crippen LogP contribution is 2.46. The monoisotopic (exact) mass is 515 g/mol. The third-order valence-electron chi connectivity index (χ3n) is 5.82. The fourth-order valence-corrected chi connectivity index (χ4v) is 4.37. The van der Waals surface area contributed by atoms with Gasteiger partial charge < -0.3 is 14.9 Å². The normalized spacial score (nSPS) is 17.3. The van der Waals surface area contributed by atoms with Crippen molar-refractivity contribution in [1.82, 2.24) is 4.98 Å². The highest BCUT2D eigenvalue weighted by molar-refractivity contribution is 6.33. The van der Waals surface area contributed by atoms with Crippen molar-refractivity contribution in [2.45, 2.75) is 31.4 Å². The zero-order chi connectivity index (χ0) is 25.5. The van der Waals surface area contributed by atoms with E-state index in [1.165, 1.54) is 23.2 Å². The van der Waals surface area contributed by atoms with Gasteiger partial charge in [0.2, 0.25) is 0 Å². The van der Waals surface area contributed by atoms with Crippen molar-refractivity contribution in [2.75, 3.05) is 22.9 Å². The first-order chi connectivity index (χ1) is 16.4. The van der Waals surface area contributed by atoms with Crippen LogP contribution in [0, 0.1) is 6.92 Å². The molecular weight excluding hydrogens is 496 g/mol. The van der Waals surface area contributed by atoms with Crippen molar-refractivity contribution in [3.63, 3.8) is 0 Å².